The minimum atomic E-state index is -0.115. The van der Waals surface area contributed by atoms with E-state index in [1.54, 1.807) is 12.1 Å². The minimum Gasteiger partial charge on any atom is -0.381 e. The molecule has 2 aliphatic rings. The molecule has 1 N–H and O–H groups in total. The molecule has 2 fully saturated rings. The fourth-order valence-corrected chi connectivity index (χ4v) is 4.30. The van der Waals surface area contributed by atoms with Crippen LogP contribution in [0.3, 0.4) is 0 Å². The van der Waals surface area contributed by atoms with Gasteiger partial charge in [0.1, 0.15) is 5.82 Å². The van der Waals surface area contributed by atoms with Crippen molar-refractivity contribution in [1.82, 2.24) is 5.32 Å². The third kappa shape index (κ3) is 3.00. The molecule has 0 bridgehead atoms. The molecule has 1 aliphatic carbocycles. The van der Waals surface area contributed by atoms with Crippen LogP contribution in [0.5, 0.6) is 0 Å². The molecule has 1 spiro atoms. The zero-order chi connectivity index (χ0) is 14.8. The maximum Gasteiger partial charge on any atom is 0.123 e. The summed E-state index contributed by atoms with van der Waals surface area (Å²) in [6, 6.07) is 7.23. The monoisotopic (exact) mass is 291 g/mol. The lowest BCUT2D eigenvalue weighted by atomic mass is 9.48. The Balaban J connectivity index is 1.77. The van der Waals surface area contributed by atoms with Crippen molar-refractivity contribution >= 4 is 0 Å². The second-order valence-corrected chi connectivity index (χ2v) is 6.93. The number of rotatable bonds is 5. The summed E-state index contributed by atoms with van der Waals surface area (Å²) in [6.07, 6.45) is 5.81. The Kier molecular flexibility index (Phi) is 4.32. The molecule has 0 radical (unpaired) electrons. The Morgan fingerprint density at radius 1 is 1.24 bits per heavy atom. The average Bonchev–Trinajstić information content (AvgIpc) is 2.46. The van der Waals surface area contributed by atoms with Gasteiger partial charge in [0.15, 0.2) is 0 Å². The molecule has 0 unspecified atom stereocenters. The van der Waals surface area contributed by atoms with Crippen LogP contribution >= 0.6 is 0 Å². The maximum atomic E-state index is 13.6. The zero-order valence-corrected chi connectivity index (χ0v) is 13.0. The van der Waals surface area contributed by atoms with Crippen molar-refractivity contribution in [2.45, 2.75) is 44.4 Å². The smallest absolute Gasteiger partial charge is 0.123 e. The Labute approximate surface area is 127 Å². The van der Waals surface area contributed by atoms with E-state index in [4.69, 9.17) is 4.74 Å². The normalized spacial score (nSPS) is 23.0. The van der Waals surface area contributed by atoms with Crippen molar-refractivity contribution in [1.29, 1.82) is 0 Å². The lowest BCUT2D eigenvalue weighted by molar-refractivity contribution is -0.0737. The van der Waals surface area contributed by atoms with Gasteiger partial charge in [0.05, 0.1) is 0 Å². The molecule has 0 amide bonds. The second kappa shape index (κ2) is 6.05. The summed E-state index contributed by atoms with van der Waals surface area (Å²) in [5, 5.41) is 3.56. The maximum absolute atomic E-state index is 13.6. The SMILES string of the molecule is CCCNCC1(c2cccc(F)c2)CC2(CCOCC2)C1. The summed E-state index contributed by atoms with van der Waals surface area (Å²) in [5.74, 6) is -0.115. The molecule has 2 nitrogen and oxygen atoms in total. The molecule has 21 heavy (non-hydrogen) atoms. The number of hydrogen-bond donors (Lipinski definition) is 1. The predicted octanol–water partition coefficient (Wildman–Crippen LogP) is 3.65. The van der Waals surface area contributed by atoms with E-state index in [0.29, 0.717) is 5.41 Å². The van der Waals surface area contributed by atoms with Crippen LogP contribution in [-0.2, 0) is 10.2 Å². The van der Waals surface area contributed by atoms with Crippen LogP contribution in [0.1, 0.15) is 44.6 Å². The first-order chi connectivity index (χ1) is 10.2. The van der Waals surface area contributed by atoms with E-state index in [9.17, 15) is 4.39 Å². The standard InChI is InChI=1S/C18H26FNO/c1-2-8-20-14-18(15-4-3-5-16(19)11-15)12-17(13-18)6-9-21-10-7-17/h3-5,11,20H,2,6-10,12-14H2,1H3. The molecule has 1 heterocycles. The van der Waals surface area contributed by atoms with Crippen molar-refractivity contribution in [3.8, 4) is 0 Å². The quantitative estimate of drug-likeness (QED) is 0.836. The Morgan fingerprint density at radius 3 is 2.67 bits per heavy atom. The van der Waals surface area contributed by atoms with E-state index in [2.05, 4.69) is 18.3 Å². The molecular formula is C18H26FNO. The second-order valence-electron chi connectivity index (χ2n) is 6.93. The van der Waals surface area contributed by atoms with Gasteiger partial charge in [-0.25, -0.2) is 4.39 Å². The van der Waals surface area contributed by atoms with Crippen LogP contribution in [0.2, 0.25) is 0 Å². The molecule has 1 aromatic carbocycles. The minimum absolute atomic E-state index is 0.115. The van der Waals surface area contributed by atoms with Crippen LogP contribution in [0.15, 0.2) is 24.3 Å². The highest BCUT2D eigenvalue weighted by Crippen LogP contribution is 2.60. The number of ether oxygens (including phenoxy) is 1. The van der Waals surface area contributed by atoms with Crippen LogP contribution < -0.4 is 5.32 Å². The molecule has 1 saturated heterocycles. The van der Waals surface area contributed by atoms with Gasteiger partial charge in [0, 0.05) is 25.2 Å². The molecule has 3 rings (SSSR count). The van der Waals surface area contributed by atoms with Gasteiger partial charge in [-0.3, -0.25) is 0 Å². The van der Waals surface area contributed by atoms with Crippen molar-refractivity contribution in [3.05, 3.63) is 35.6 Å². The highest BCUT2D eigenvalue weighted by Gasteiger charge is 2.54. The number of nitrogens with one attached hydrogen (secondary N) is 1. The van der Waals surface area contributed by atoms with Gasteiger partial charge in [0.25, 0.3) is 0 Å². The van der Waals surface area contributed by atoms with Gasteiger partial charge in [-0.15, -0.1) is 0 Å². The summed E-state index contributed by atoms with van der Waals surface area (Å²) in [6.45, 7) is 5.96. The largest absolute Gasteiger partial charge is 0.381 e. The summed E-state index contributed by atoms with van der Waals surface area (Å²) in [7, 11) is 0. The molecule has 1 saturated carbocycles. The Bertz CT molecular complexity index is 474. The van der Waals surface area contributed by atoms with Gasteiger partial charge in [-0.2, -0.15) is 0 Å². The lowest BCUT2D eigenvalue weighted by Crippen LogP contribution is -2.56. The van der Waals surface area contributed by atoms with Crippen molar-refractivity contribution in [3.63, 3.8) is 0 Å². The van der Waals surface area contributed by atoms with Gasteiger partial charge >= 0.3 is 0 Å². The third-order valence-electron chi connectivity index (χ3n) is 5.31. The predicted molar refractivity (Wildman–Crippen MR) is 83.0 cm³/mol. The van der Waals surface area contributed by atoms with E-state index in [-0.39, 0.29) is 11.2 Å². The van der Waals surface area contributed by atoms with Crippen LogP contribution in [-0.4, -0.2) is 26.3 Å². The first-order valence-electron chi connectivity index (χ1n) is 8.23. The number of hydrogen-bond acceptors (Lipinski definition) is 2. The van der Waals surface area contributed by atoms with Gasteiger partial charge < -0.3 is 10.1 Å². The highest BCUT2D eigenvalue weighted by atomic mass is 19.1. The van der Waals surface area contributed by atoms with Gasteiger partial charge in [-0.1, -0.05) is 19.1 Å². The lowest BCUT2D eigenvalue weighted by Gasteiger charge is -2.58. The average molecular weight is 291 g/mol. The van der Waals surface area contributed by atoms with E-state index in [0.717, 1.165) is 45.6 Å². The van der Waals surface area contributed by atoms with Crippen LogP contribution in [0.25, 0.3) is 0 Å². The van der Waals surface area contributed by atoms with Gasteiger partial charge in [-0.05, 0) is 61.8 Å². The summed E-state index contributed by atoms with van der Waals surface area (Å²) in [4.78, 5) is 0. The summed E-state index contributed by atoms with van der Waals surface area (Å²) in [5.41, 5.74) is 1.73. The third-order valence-corrected chi connectivity index (χ3v) is 5.31. The van der Waals surface area contributed by atoms with Gasteiger partial charge in [0.2, 0.25) is 0 Å². The molecule has 0 atom stereocenters. The summed E-state index contributed by atoms with van der Waals surface area (Å²) >= 11 is 0. The molecule has 0 aromatic heterocycles. The van der Waals surface area contributed by atoms with E-state index >= 15 is 0 Å². The molecule has 3 heteroatoms. The molecular weight excluding hydrogens is 265 g/mol. The first-order valence-corrected chi connectivity index (χ1v) is 8.23. The Hall–Kier alpha value is -0.930. The molecule has 1 aliphatic heterocycles. The van der Waals surface area contributed by atoms with E-state index in [1.165, 1.54) is 18.4 Å². The Morgan fingerprint density at radius 2 is 2.00 bits per heavy atom. The topological polar surface area (TPSA) is 21.3 Å². The van der Waals surface area contributed by atoms with Crippen molar-refractivity contribution in [2.75, 3.05) is 26.3 Å². The number of benzene rings is 1. The fourth-order valence-electron chi connectivity index (χ4n) is 4.30. The zero-order valence-electron chi connectivity index (χ0n) is 13.0. The fraction of sp³-hybridized carbons (Fsp3) is 0.667. The number of halogens is 1. The van der Waals surface area contributed by atoms with Crippen molar-refractivity contribution < 1.29 is 9.13 Å². The van der Waals surface area contributed by atoms with E-state index < -0.39 is 0 Å². The summed E-state index contributed by atoms with van der Waals surface area (Å²) < 4.78 is 19.2. The molecule has 1 aromatic rings. The van der Waals surface area contributed by atoms with E-state index in [1.807, 2.05) is 6.07 Å². The first kappa shape index (κ1) is 15.0. The van der Waals surface area contributed by atoms with Crippen molar-refractivity contribution in [2.24, 2.45) is 5.41 Å². The highest BCUT2D eigenvalue weighted by molar-refractivity contribution is 5.32. The molecule has 116 valence electrons. The van der Waals surface area contributed by atoms with Crippen LogP contribution in [0.4, 0.5) is 4.39 Å². The van der Waals surface area contributed by atoms with Crippen LogP contribution in [0, 0.1) is 11.2 Å².